The van der Waals surface area contributed by atoms with Crippen molar-refractivity contribution in [1.29, 1.82) is 0 Å². The van der Waals surface area contributed by atoms with Gasteiger partial charge in [0.25, 0.3) is 0 Å². The Kier molecular flexibility index (Phi) is 5.34. The Morgan fingerprint density at radius 2 is 1.34 bits per heavy atom. The van der Waals surface area contributed by atoms with Gasteiger partial charge in [-0.05, 0) is 12.1 Å². The summed E-state index contributed by atoms with van der Waals surface area (Å²) >= 11 is 1.41. The zero-order valence-electron chi connectivity index (χ0n) is 14.8. The molecular formula is C19H13F3N4O2S. The van der Waals surface area contributed by atoms with Gasteiger partial charge >= 0.3 is 6.18 Å². The van der Waals surface area contributed by atoms with Crippen LogP contribution in [-0.2, 0) is 17.7 Å². The number of rotatable bonds is 6. The van der Waals surface area contributed by atoms with Crippen molar-refractivity contribution < 1.29 is 22.2 Å². The molecule has 0 atom stereocenters. The number of aromatic nitrogens is 4. The Morgan fingerprint density at radius 3 is 1.97 bits per heavy atom. The molecule has 0 aliphatic carbocycles. The molecule has 4 rings (SSSR count). The number of alkyl halides is 3. The van der Waals surface area contributed by atoms with E-state index in [1.54, 1.807) is 0 Å². The first-order chi connectivity index (χ1) is 14.0. The molecule has 0 radical (unpaired) electrons. The lowest BCUT2D eigenvalue weighted by atomic mass is 10.1. The van der Waals surface area contributed by atoms with E-state index in [2.05, 4.69) is 20.3 Å². The highest BCUT2D eigenvalue weighted by Crippen LogP contribution is 2.31. The molecule has 10 heteroatoms. The standard InChI is InChI=1S/C19H13F3N4O2S/c20-19(21,22)14-8-4-7-13(9-14)18-24-16(28-26-18)11-29-10-15-23-17(25-27-15)12-5-2-1-3-6-12/h1-9H,10-11H2. The number of halogens is 3. The highest BCUT2D eigenvalue weighted by Gasteiger charge is 2.30. The van der Waals surface area contributed by atoms with Gasteiger partial charge in [0.05, 0.1) is 17.1 Å². The van der Waals surface area contributed by atoms with E-state index >= 15 is 0 Å². The zero-order valence-corrected chi connectivity index (χ0v) is 15.6. The number of nitrogens with zero attached hydrogens (tertiary/aromatic N) is 4. The molecule has 2 aromatic heterocycles. The van der Waals surface area contributed by atoms with Gasteiger partial charge in [0, 0.05) is 11.1 Å². The molecule has 0 fully saturated rings. The second-order valence-electron chi connectivity index (χ2n) is 5.96. The van der Waals surface area contributed by atoms with Gasteiger partial charge in [0.15, 0.2) is 0 Å². The lowest BCUT2D eigenvalue weighted by molar-refractivity contribution is -0.137. The van der Waals surface area contributed by atoms with Crippen molar-refractivity contribution in [1.82, 2.24) is 20.3 Å². The summed E-state index contributed by atoms with van der Waals surface area (Å²) in [6, 6.07) is 14.2. The summed E-state index contributed by atoms with van der Waals surface area (Å²) in [5, 5.41) is 7.70. The Balaban J connectivity index is 1.36. The van der Waals surface area contributed by atoms with Gasteiger partial charge in [-0.25, -0.2) is 0 Å². The molecule has 0 N–H and O–H groups in total. The van der Waals surface area contributed by atoms with Crippen LogP contribution in [0.1, 0.15) is 17.3 Å². The lowest BCUT2D eigenvalue weighted by Crippen LogP contribution is -2.04. The summed E-state index contributed by atoms with van der Waals surface area (Å²) in [6.07, 6.45) is -4.43. The zero-order chi connectivity index (χ0) is 20.3. The quantitative estimate of drug-likeness (QED) is 0.424. The second-order valence-corrected chi connectivity index (χ2v) is 6.95. The van der Waals surface area contributed by atoms with E-state index in [-0.39, 0.29) is 11.4 Å². The van der Waals surface area contributed by atoms with E-state index in [0.717, 1.165) is 17.7 Å². The topological polar surface area (TPSA) is 77.8 Å². The Morgan fingerprint density at radius 1 is 0.759 bits per heavy atom. The molecule has 0 unspecified atom stereocenters. The van der Waals surface area contributed by atoms with Crippen molar-refractivity contribution in [3.8, 4) is 22.8 Å². The molecule has 0 aliphatic heterocycles. The maximum Gasteiger partial charge on any atom is 0.416 e. The largest absolute Gasteiger partial charge is 0.416 e. The summed E-state index contributed by atoms with van der Waals surface area (Å²) in [5.74, 6) is 2.15. The third kappa shape index (κ3) is 4.65. The fraction of sp³-hybridized carbons (Fsp3) is 0.158. The molecule has 29 heavy (non-hydrogen) atoms. The maximum absolute atomic E-state index is 12.8. The first-order valence-corrected chi connectivity index (χ1v) is 9.60. The Bertz CT molecular complexity index is 1100. The molecule has 4 aromatic rings. The van der Waals surface area contributed by atoms with Crippen LogP contribution in [0.4, 0.5) is 13.2 Å². The fourth-order valence-electron chi connectivity index (χ4n) is 2.51. The maximum atomic E-state index is 12.8. The van der Waals surface area contributed by atoms with Crippen LogP contribution in [0.2, 0.25) is 0 Å². The smallest absolute Gasteiger partial charge is 0.338 e. The van der Waals surface area contributed by atoms with Gasteiger partial charge in [-0.1, -0.05) is 52.8 Å². The molecule has 148 valence electrons. The van der Waals surface area contributed by atoms with Crippen LogP contribution >= 0.6 is 11.8 Å². The lowest BCUT2D eigenvalue weighted by Gasteiger charge is -2.06. The van der Waals surface area contributed by atoms with Gasteiger partial charge < -0.3 is 9.05 Å². The van der Waals surface area contributed by atoms with E-state index in [1.807, 2.05) is 30.3 Å². The highest BCUT2D eigenvalue weighted by molar-refractivity contribution is 7.97. The summed E-state index contributed by atoms with van der Waals surface area (Å²) in [4.78, 5) is 8.48. The monoisotopic (exact) mass is 418 g/mol. The van der Waals surface area contributed by atoms with E-state index < -0.39 is 11.7 Å². The van der Waals surface area contributed by atoms with E-state index in [1.165, 1.54) is 23.9 Å². The van der Waals surface area contributed by atoms with Crippen molar-refractivity contribution in [3.63, 3.8) is 0 Å². The molecule has 0 aliphatic rings. The van der Waals surface area contributed by atoms with Crippen LogP contribution in [0, 0.1) is 0 Å². The summed E-state index contributed by atoms with van der Waals surface area (Å²) in [7, 11) is 0. The third-order valence-electron chi connectivity index (χ3n) is 3.87. The predicted octanol–water partition coefficient (Wildman–Crippen LogP) is 5.24. The van der Waals surface area contributed by atoms with Gasteiger partial charge in [0.2, 0.25) is 23.4 Å². The van der Waals surface area contributed by atoms with Crippen LogP contribution in [0.15, 0.2) is 63.6 Å². The van der Waals surface area contributed by atoms with E-state index in [4.69, 9.17) is 9.05 Å². The average molecular weight is 418 g/mol. The second kappa shape index (κ2) is 8.08. The minimum Gasteiger partial charge on any atom is -0.338 e. The SMILES string of the molecule is FC(F)(F)c1cccc(-c2noc(CSCc3nc(-c4ccccc4)no3)n2)c1. The van der Waals surface area contributed by atoms with Crippen LogP contribution in [-0.4, -0.2) is 20.3 Å². The molecule has 0 amide bonds. The van der Waals surface area contributed by atoms with Crippen LogP contribution in [0.3, 0.4) is 0 Å². The van der Waals surface area contributed by atoms with Crippen LogP contribution < -0.4 is 0 Å². The number of benzene rings is 2. The summed E-state index contributed by atoms with van der Waals surface area (Å²) in [5.41, 5.74) is 0.334. The number of hydrogen-bond acceptors (Lipinski definition) is 7. The average Bonchev–Trinajstić information content (AvgIpc) is 3.38. The normalized spacial score (nSPS) is 11.7. The van der Waals surface area contributed by atoms with Gasteiger partial charge in [-0.2, -0.15) is 23.1 Å². The molecular weight excluding hydrogens is 405 g/mol. The van der Waals surface area contributed by atoms with Crippen molar-refractivity contribution in [3.05, 3.63) is 71.9 Å². The summed E-state index contributed by atoms with van der Waals surface area (Å²) < 4.78 is 48.9. The Labute approximate surface area is 167 Å². The van der Waals surface area contributed by atoms with Crippen molar-refractivity contribution in [2.24, 2.45) is 0 Å². The number of thioether (sulfide) groups is 1. The van der Waals surface area contributed by atoms with Crippen LogP contribution in [0.5, 0.6) is 0 Å². The highest BCUT2D eigenvalue weighted by atomic mass is 32.2. The van der Waals surface area contributed by atoms with Crippen molar-refractivity contribution in [2.75, 3.05) is 0 Å². The first-order valence-electron chi connectivity index (χ1n) is 8.45. The number of hydrogen-bond donors (Lipinski definition) is 0. The predicted molar refractivity (Wildman–Crippen MR) is 99.5 cm³/mol. The molecule has 0 spiro atoms. The Hall–Kier alpha value is -3.14. The molecule has 2 heterocycles. The molecule has 2 aromatic carbocycles. The minimum atomic E-state index is -4.43. The van der Waals surface area contributed by atoms with Gasteiger partial charge in [-0.15, -0.1) is 11.8 Å². The molecule has 0 bridgehead atoms. The third-order valence-corrected chi connectivity index (χ3v) is 4.77. The van der Waals surface area contributed by atoms with Crippen molar-refractivity contribution in [2.45, 2.75) is 17.7 Å². The van der Waals surface area contributed by atoms with Gasteiger partial charge in [-0.3, -0.25) is 0 Å². The molecule has 0 saturated heterocycles. The fourth-order valence-corrected chi connectivity index (χ4v) is 3.19. The van der Waals surface area contributed by atoms with E-state index in [0.29, 0.717) is 29.1 Å². The first kappa shape index (κ1) is 19.2. The summed E-state index contributed by atoms with van der Waals surface area (Å²) in [6.45, 7) is 0. The van der Waals surface area contributed by atoms with Crippen LogP contribution in [0.25, 0.3) is 22.8 Å². The van der Waals surface area contributed by atoms with Gasteiger partial charge in [0.1, 0.15) is 0 Å². The van der Waals surface area contributed by atoms with E-state index in [9.17, 15) is 13.2 Å². The molecule has 6 nitrogen and oxygen atoms in total. The molecule has 0 saturated carbocycles. The minimum absolute atomic E-state index is 0.107. The van der Waals surface area contributed by atoms with Crippen molar-refractivity contribution >= 4 is 11.8 Å².